The van der Waals surface area contributed by atoms with Crippen molar-refractivity contribution in [3.05, 3.63) is 47.8 Å². The molecule has 33 heavy (non-hydrogen) atoms. The van der Waals surface area contributed by atoms with Crippen molar-refractivity contribution in [1.29, 1.82) is 0 Å². The summed E-state index contributed by atoms with van der Waals surface area (Å²) in [5.41, 5.74) is 7.22. The van der Waals surface area contributed by atoms with E-state index >= 15 is 0 Å². The number of fused-ring (bicyclic) bond motifs is 2. The van der Waals surface area contributed by atoms with Crippen LogP contribution in [0.2, 0.25) is 0 Å². The van der Waals surface area contributed by atoms with Crippen molar-refractivity contribution in [2.75, 3.05) is 42.5 Å². The van der Waals surface area contributed by atoms with E-state index in [0.29, 0.717) is 5.41 Å². The van der Waals surface area contributed by atoms with E-state index in [2.05, 4.69) is 63.3 Å². The van der Waals surface area contributed by atoms with Gasteiger partial charge in [0.05, 0.1) is 17.3 Å². The zero-order valence-corrected chi connectivity index (χ0v) is 20.3. The minimum atomic E-state index is 0.0768. The number of nitrogens with zero attached hydrogens (tertiary/aromatic N) is 5. The first-order chi connectivity index (χ1) is 15.9. The largest absolute Gasteiger partial charge is 0.371 e. The third-order valence-corrected chi connectivity index (χ3v) is 8.58. The number of pyridine rings is 1. The maximum atomic E-state index is 4.54. The molecule has 0 unspecified atom stereocenters. The molecule has 6 rings (SSSR count). The standard InChI is InChI=1S/C27H36N6/c1-26(2)19-33(24-6-11-29-25-22(24)17-30-31(25)3)18-20-4-5-21(16-23(20)26)32-14-9-27(10-15-32)7-12-28-13-8-27/h4-6,11,16-17,28H,7-10,12-15,18-19H2,1-3H3. The lowest BCUT2D eigenvalue weighted by Gasteiger charge is -2.46. The summed E-state index contributed by atoms with van der Waals surface area (Å²) in [4.78, 5) is 9.68. The SMILES string of the molecule is Cn1ncc2c(N3Cc4ccc(N5CCC6(CCNCC6)CC5)cc4C(C)(C)C3)ccnc21. The molecule has 0 aliphatic carbocycles. The third-order valence-electron chi connectivity index (χ3n) is 8.58. The van der Waals surface area contributed by atoms with Crippen LogP contribution in [0.4, 0.5) is 11.4 Å². The lowest BCUT2D eigenvalue weighted by Crippen LogP contribution is -2.46. The topological polar surface area (TPSA) is 49.2 Å². The molecule has 6 nitrogen and oxygen atoms in total. The number of aryl methyl sites for hydroxylation is 1. The summed E-state index contributed by atoms with van der Waals surface area (Å²) in [7, 11) is 1.96. The molecular formula is C27H36N6. The van der Waals surface area contributed by atoms with Crippen LogP contribution < -0.4 is 15.1 Å². The molecular weight excluding hydrogens is 408 g/mol. The molecule has 2 fully saturated rings. The molecule has 0 amide bonds. The van der Waals surface area contributed by atoms with Gasteiger partial charge in [0.2, 0.25) is 0 Å². The Kier molecular flexibility index (Phi) is 4.91. The maximum absolute atomic E-state index is 4.54. The van der Waals surface area contributed by atoms with E-state index in [1.54, 1.807) is 0 Å². The summed E-state index contributed by atoms with van der Waals surface area (Å²) in [5, 5.41) is 9.12. The molecule has 2 aromatic heterocycles. The van der Waals surface area contributed by atoms with E-state index in [1.807, 2.05) is 24.1 Å². The van der Waals surface area contributed by atoms with Crippen LogP contribution in [-0.2, 0) is 19.0 Å². The fraction of sp³-hybridized carbons (Fsp3) is 0.556. The van der Waals surface area contributed by atoms with Crippen LogP contribution in [-0.4, -0.2) is 47.5 Å². The first-order valence-corrected chi connectivity index (χ1v) is 12.6. The molecule has 5 heterocycles. The van der Waals surface area contributed by atoms with Gasteiger partial charge < -0.3 is 15.1 Å². The number of hydrogen-bond donors (Lipinski definition) is 1. The fourth-order valence-electron chi connectivity index (χ4n) is 6.53. The van der Waals surface area contributed by atoms with Crippen LogP contribution >= 0.6 is 0 Å². The zero-order chi connectivity index (χ0) is 22.6. The maximum Gasteiger partial charge on any atom is 0.159 e. The molecule has 0 atom stereocenters. The lowest BCUT2D eigenvalue weighted by atomic mass is 9.71. The fourth-order valence-corrected chi connectivity index (χ4v) is 6.53. The van der Waals surface area contributed by atoms with Crippen LogP contribution in [0.1, 0.15) is 50.7 Å². The minimum Gasteiger partial charge on any atom is -0.371 e. The summed E-state index contributed by atoms with van der Waals surface area (Å²) < 4.78 is 1.86. The number of piperidine rings is 2. The van der Waals surface area contributed by atoms with Gasteiger partial charge in [-0.1, -0.05) is 19.9 Å². The van der Waals surface area contributed by atoms with Crippen molar-refractivity contribution in [2.45, 2.75) is 51.5 Å². The second kappa shape index (κ2) is 7.73. The van der Waals surface area contributed by atoms with Crippen molar-refractivity contribution in [3.8, 4) is 0 Å². The van der Waals surface area contributed by atoms with Crippen LogP contribution in [0, 0.1) is 5.41 Å². The highest BCUT2D eigenvalue weighted by molar-refractivity contribution is 5.89. The second-order valence-corrected chi connectivity index (χ2v) is 11.2. The average molecular weight is 445 g/mol. The zero-order valence-electron chi connectivity index (χ0n) is 20.3. The van der Waals surface area contributed by atoms with Gasteiger partial charge in [-0.05, 0) is 73.5 Å². The Bertz CT molecular complexity index is 1160. The van der Waals surface area contributed by atoms with E-state index in [9.17, 15) is 0 Å². The van der Waals surface area contributed by atoms with Crippen molar-refractivity contribution >= 4 is 22.4 Å². The monoisotopic (exact) mass is 444 g/mol. The smallest absolute Gasteiger partial charge is 0.159 e. The molecule has 174 valence electrons. The molecule has 0 radical (unpaired) electrons. The highest BCUT2D eigenvalue weighted by atomic mass is 15.3. The number of anilines is 2. The molecule has 1 spiro atoms. The van der Waals surface area contributed by atoms with Crippen LogP contribution in [0.25, 0.3) is 11.0 Å². The molecule has 3 aliphatic rings. The number of hydrogen-bond acceptors (Lipinski definition) is 5. The van der Waals surface area contributed by atoms with Gasteiger partial charge in [0, 0.05) is 50.5 Å². The predicted molar refractivity (Wildman–Crippen MR) is 135 cm³/mol. The normalized spacial score (nSPS) is 22.0. The molecule has 3 aliphatic heterocycles. The Morgan fingerprint density at radius 3 is 2.55 bits per heavy atom. The van der Waals surface area contributed by atoms with Crippen molar-refractivity contribution < 1.29 is 0 Å². The van der Waals surface area contributed by atoms with Gasteiger partial charge in [0.15, 0.2) is 5.65 Å². The molecule has 0 saturated carbocycles. The molecule has 6 heteroatoms. The van der Waals surface area contributed by atoms with Gasteiger partial charge in [-0.3, -0.25) is 4.68 Å². The molecule has 0 bridgehead atoms. The van der Waals surface area contributed by atoms with Crippen LogP contribution in [0.15, 0.2) is 36.7 Å². The Hall–Kier alpha value is -2.60. The number of rotatable bonds is 2. The Morgan fingerprint density at radius 1 is 0.970 bits per heavy atom. The molecule has 2 saturated heterocycles. The van der Waals surface area contributed by atoms with Gasteiger partial charge in [-0.2, -0.15) is 5.10 Å². The number of benzene rings is 1. The predicted octanol–water partition coefficient (Wildman–Crippen LogP) is 4.24. The summed E-state index contributed by atoms with van der Waals surface area (Å²) >= 11 is 0. The van der Waals surface area contributed by atoms with Crippen LogP contribution in [0.3, 0.4) is 0 Å². The first-order valence-electron chi connectivity index (χ1n) is 12.6. The average Bonchev–Trinajstić information content (AvgIpc) is 3.20. The van der Waals surface area contributed by atoms with Gasteiger partial charge in [-0.15, -0.1) is 0 Å². The first kappa shape index (κ1) is 21.0. The molecule has 1 N–H and O–H groups in total. The Labute approximate surface area is 197 Å². The summed E-state index contributed by atoms with van der Waals surface area (Å²) in [6, 6.07) is 9.39. The number of nitrogens with one attached hydrogen (secondary N) is 1. The lowest BCUT2D eigenvalue weighted by molar-refractivity contribution is 0.155. The summed E-state index contributed by atoms with van der Waals surface area (Å²) in [6.07, 6.45) is 9.25. The summed E-state index contributed by atoms with van der Waals surface area (Å²) in [6.45, 7) is 11.5. The molecule has 1 aromatic carbocycles. The molecule has 3 aromatic rings. The Balaban J connectivity index is 1.26. The van der Waals surface area contributed by atoms with E-state index < -0.39 is 0 Å². The van der Waals surface area contributed by atoms with Gasteiger partial charge in [0.25, 0.3) is 0 Å². The van der Waals surface area contributed by atoms with Crippen LogP contribution in [0.5, 0.6) is 0 Å². The van der Waals surface area contributed by atoms with Gasteiger partial charge >= 0.3 is 0 Å². The van der Waals surface area contributed by atoms with E-state index in [0.717, 1.165) is 24.1 Å². The highest BCUT2D eigenvalue weighted by Crippen LogP contribution is 2.43. The second-order valence-electron chi connectivity index (χ2n) is 11.2. The van der Waals surface area contributed by atoms with E-state index in [4.69, 9.17) is 0 Å². The highest BCUT2D eigenvalue weighted by Gasteiger charge is 2.37. The van der Waals surface area contributed by atoms with Crippen molar-refractivity contribution in [3.63, 3.8) is 0 Å². The number of aromatic nitrogens is 3. The van der Waals surface area contributed by atoms with Crippen molar-refractivity contribution in [2.24, 2.45) is 12.5 Å². The minimum absolute atomic E-state index is 0.0768. The van der Waals surface area contributed by atoms with E-state index in [1.165, 1.54) is 74.4 Å². The Morgan fingerprint density at radius 2 is 1.76 bits per heavy atom. The van der Waals surface area contributed by atoms with Gasteiger partial charge in [0.1, 0.15) is 0 Å². The summed E-state index contributed by atoms with van der Waals surface area (Å²) in [5.74, 6) is 0. The quantitative estimate of drug-likeness (QED) is 0.641. The third kappa shape index (κ3) is 3.59. The van der Waals surface area contributed by atoms with E-state index in [-0.39, 0.29) is 5.41 Å². The van der Waals surface area contributed by atoms with Crippen molar-refractivity contribution in [1.82, 2.24) is 20.1 Å². The van der Waals surface area contributed by atoms with Gasteiger partial charge in [-0.25, -0.2) is 4.98 Å².